The molecule has 2 aromatic rings. The second kappa shape index (κ2) is 5.11. The molecule has 0 unspecified atom stereocenters. The van der Waals surface area contributed by atoms with Gasteiger partial charge in [0.25, 0.3) is 5.52 Å². The van der Waals surface area contributed by atoms with Crippen molar-refractivity contribution in [1.82, 2.24) is 0 Å². The lowest BCUT2D eigenvalue weighted by Crippen LogP contribution is -3.00. The second-order valence-corrected chi connectivity index (χ2v) is 3.10. The molecule has 1 heterocycles. The Morgan fingerprint density at radius 1 is 1.27 bits per heavy atom. The minimum absolute atomic E-state index is 0. The largest absolute Gasteiger partial charge is 1.00 e. The van der Waals surface area contributed by atoms with Crippen molar-refractivity contribution >= 4 is 10.9 Å². The molecule has 0 bridgehead atoms. The molecule has 0 saturated carbocycles. The third-order valence-corrected chi connectivity index (χ3v) is 2.18. The molecular formula is C12H12INO. The summed E-state index contributed by atoms with van der Waals surface area (Å²) in [7, 11) is 2.00. The van der Waals surface area contributed by atoms with Gasteiger partial charge in [0.2, 0.25) is 0 Å². The van der Waals surface area contributed by atoms with Gasteiger partial charge in [0.1, 0.15) is 7.05 Å². The highest BCUT2D eigenvalue weighted by atomic mass is 127. The van der Waals surface area contributed by atoms with Crippen LogP contribution in [-0.2, 0) is 7.05 Å². The van der Waals surface area contributed by atoms with Gasteiger partial charge in [-0.15, -0.1) is 0 Å². The van der Waals surface area contributed by atoms with Gasteiger partial charge in [0.05, 0.1) is 11.6 Å². The van der Waals surface area contributed by atoms with Gasteiger partial charge in [0.15, 0.2) is 11.9 Å². The molecule has 15 heavy (non-hydrogen) atoms. The number of fused-ring (bicyclic) bond motifs is 1. The normalized spacial score (nSPS) is 9.40. The van der Waals surface area contributed by atoms with E-state index in [0.717, 1.165) is 16.7 Å². The number of para-hydroxylation sites is 1. The molecule has 1 aromatic heterocycles. The summed E-state index contributed by atoms with van der Waals surface area (Å²) in [5.41, 5.74) is 1.08. The predicted octanol–water partition coefficient (Wildman–Crippen LogP) is -0.809. The van der Waals surface area contributed by atoms with E-state index in [1.807, 2.05) is 36.0 Å². The Labute approximate surface area is 106 Å². The van der Waals surface area contributed by atoms with Crippen LogP contribution in [0.25, 0.3) is 10.9 Å². The number of hydrogen-bond acceptors (Lipinski definition) is 1. The molecule has 0 radical (unpaired) electrons. The van der Waals surface area contributed by atoms with Crippen LogP contribution in [-0.4, -0.2) is 0 Å². The number of hydrogen-bond donors (Lipinski definition) is 0. The van der Waals surface area contributed by atoms with Crippen molar-refractivity contribution < 1.29 is 33.3 Å². The number of benzene rings is 1. The van der Waals surface area contributed by atoms with Crippen molar-refractivity contribution in [2.75, 3.05) is 0 Å². The van der Waals surface area contributed by atoms with Gasteiger partial charge in [-0.05, 0) is 18.2 Å². The monoisotopic (exact) mass is 313 g/mol. The van der Waals surface area contributed by atoms with Gasteiger partial charge in [0, 0.05) is 6.07 Å². The first-order chi connectivity index (χ1) is 6.83. The number of pyridine rings is 1. The highest BCUT2D eigenvalue weighted by molar-refractivity contribution is 5.81. The lowest BCUT2D eigenvalue weighted by atomic mass is 10.2. The topological polar surface area (TPSA) is 13.1 Å². The molecule has 0 aliphatic heterocycles. The smallest absolute Gasteiger partial charge is 0.255 e. The summed E-state index contributed by atoms with van der Waals surface area (Å²) < 4.78 is 7.38. The molecule has 78 valence electrons. The Morgan fingerprint density at radius 2 is 2.00 bits per heavy atom. The first kappa shape index (κ1) is 12.0. The summed E-state index contributed by atoms with van der Waals surface area (Å²) in [6, 6.07) is 10.0. The standard InChI is InChI=1S/C12H12NO.HI/c1-3-14-11-8-4-6-10-7-5-9-13(2)12(10)11;/h3-9H,1H2,2H3;1H/q+1;/p-1. The fourth-order valence-electron chi connectivity index (χ4n) is 1.59. The van der Waals surface area contributed by atoms with Gasteiger partial charge >= 0.3 is 0 Å². The maximum Gasteiger partial charge on any atom is 0.255 e. The first-order valence-corrected chi connectivity index (χ1v) is 4.48. The molecule has 2 nitrogen and oxygen atoms in total. The highest BCUT2D eigenvalue weighted by Gasteiger charge is 2.09. The second-order valence-electron chi connectivity index (χ2n) is 3.10. The molecule has 0 spiro atoms. The third kappa shape index (κ3) is 2.28. The maximum atomic E-state index is 5.34. The number of halogens is 1. The van der Waals surface area contributed by atoms with E-state index in [2.05, 4.69) is 18.7 Å². The number of nitrogens with zero attached hydrogens (tertiary/aromatic N) is 1. The van der Waals surface area contributed by atoms with Crippen LogP contribution in [0.15, 0.2) is 49.4 Å². The van der Waals surface area contributed by atoms with Crippen LogP contribution in [0.5, 0.6) is 5.75 Å². The fourth-order valence-corrected chi connectivity index (χ4v) is 1.59. The quantitative estimate of drug-likeness (QED) is 0.402. The third-order valence-electron chi connectivity index (χ3n) is 2.18. The lowest BCUT2D eigenvalue weighted by Gasteiger charge is -2.02. The zero-order valence-corrected chi connectivity index (χ0v) is 10.6. The van der Waals surface area contributed by atoms with Crippen LogP contribution in [0.1, 0.15) is 0 Å². The summed E-state index contributed by atoms with van der Waals surface area (Å²) in [6.07, 6.45) is 3.44. The van der Waals surface area contributed by atoms with E-state index < -0.39 is 0 Å². The van der Waals surface area contributed by atoms with E-state index in [4.69, 9.17) is 4.74 Å². The summed E-state index contributed by atoms with van der Waals surface area (Å²) in [4.78, 5) is 0. The number of ether oxygens (including phenoxy) is 1. The van der Waals surface area contributed by atoms with E-state index in [0.29, 0.717) is 0 Å². The van der Waals surface area contributed by atoms with Crippen LogP contribution >= 0.6 is 0 Å². The Bertz CT molecular complexity index is 477. The molecule has 0 fully saturated rings. The summed E-state index contributed by atoms with van der Waals surface area (Å²) in [6.45, 7) is 3.56. The van der Waals surface area contributed by atoms with Crippen molar-refractivity contribution in [1.29, 1.82) is 0 Å². The number of rotatable bonds is 2. The van der Waals surface area contributed by atoms with Gasteiger partial charge in [-0.1, -0.05) is 12.6 Å². The van der Waals surface area contributed by atoms with Crippen molar-refractivity contribution in [3.63, 3.8) is 0 Å². The molecule has 0 amide bonds. The molecule has 0 aliphatic rings. The number of aryl methyl sites for hydroxylation is 1. The van der Waals surface area contributed by atoms with Crippen LogP contribution in [0.4, 0.5) is 0 Å². The maximum absolute atomic E-state index is 5.34. The van der Waals surface area contributed by atoms with Crippen LogP contribution in [0.2, 0.25) is 0 Å². The number of aromatic nitrogens is 1. The molecule has 1 aromatic carbocycles. The summed E-state index contributed by atoms with van der Waals surface area (Å²) in [5, 5.41) is 1.16. The van der Waals surface area contributed by atoms with E-state index >= 15 is 0 Å². The van der Waals surface area contributed by atoms with Crippen molar-refractivity contribution in [3.8, 4) is 5.75 Å². The molecule has 0 aliphatic carbocycles. The molecule has 0 saturated heterocycles. The van der Waals surface area contributed by atoms with Gasteiger partial charge in [-0.2, -0.15) is 4.57 Å². The predicted molar refractivity (Wildman–Crippen MR) is 55.9 cm³/mol. The fraction of sp³-hybridized carbons (Fsp3) is 0.0833. The van der Waals surface area contributed by atoms with Crippen molar-refractivity contribution in [2.24, 2.45) is 7.05 Å². The molecule has 0 atom stereocenters. The van der Waals surface area contributed by atoms with E-state index in [9.17, 15) is 0 Å². The first-order valence-electron chi connectivity index (χ1n) is 4.48. The lowest BCUT2D eigenvalue weighted by molar-refractivity contribution is -0.645. The van der Waals surface area contributed by atoms with Crippen molar-refractivity contribution in [2.45, 2.75) is 0 Å². The molecule has 0 N–H and O–H groups in total. The van der Waals surface area contributed by atoms with Gasteiger partial charge in [-0.3, -0.25) is 0 Å². The Morgan fingerprint density at radius 3 is 2.73 bits per heavy atom. The van der Waals surface area contributed by atoms with Gasteiger partial charge in [-0.25, -0.2) is 0 Å². The average Bonchev–Trinajstić information content (AvgIpc) is 2.19. The van der Waals surface area contributed by atoms with Crippen LogP contribution in [0, 0.1) is 0 Å². The minimum atomic E-state index is 0. The highest BCUT2D eigenvalue weighted by Crippen LogP contribution is 2.21. The van der Waals surface area contributed by atoms with E-state index in [-0.39, 0.29) is 24.0 Å². The van der Waals surface area contributed by atoms with Gasteiger partial charge < -0.3 is 28.7 Å². The van der Waals surface area contributed by atoms with Crippen LogP contribution < -0.4 is 33.3 Å². The Kier molecular flexibility index (Phi) is 4.08. The van der Waals surface area contributed by atoms with Crippen molar-refractivity contribution in [3.05, 3.63) is 49.4 Å². The Hall–Kier alpha value is -1.10. The van der Waals surface area contributed by atoms with E-state index in [1.54, 1.807) is 0 Å². The van der Waals surface area contributed by atoms with E-state index in [1.165, 1.54) is 6.26 Å². The zero-order valence-electron chi connectivity index (χ0n) is 8.48. The molecule has 2 rings (SSSR count). The summed E-state index contributed by atoms with van der Waals surface area (Å²) in [5.74, 6) is 0.834. The SMILES string of the molecule is C=COc1cccc2ccc[n+](C)c12.[I-]. The summed E-state index contributed by atoms with van der Waals surface area (Å²) >= 11 is 0. The average molecular weight is 313 g/mol. The minimum Gasteiger partial charge on any atom is -1.00 e. The molecular weight excluding hydrogens is 301 g/mol. The van der Waals surface area contributed by atoms with Crippen LogP contribution in [0.3, 0.4) is 0 Å². The Balaban J connectivity index is 0.00000112. The molecule has 3 heteroatoms. The zero-order chi connectivity index (χ0) is 9.97.